The van der Waals surface area contributed by atoms with Gasteiger partial charge in [-0.15, -0.1) is 0 Å². The van der Waals surface area contributed by atoms with E-state index in [1.165, 1.54) is 12.8 Å². The fourth-order valence-electron chi connectivity index (χ4n) is 2.07. The Morgan fingerprint density at radius 2 is 2.50 bits per heavy atom. The van der Waals surface area contributed by atoms with Crippen LogP contribution >= 0.6 is 0 Å². The summed E-state index contributed by atoms with van der Waals surface area (Å²) in [5, 5.41) is 6.19. The standard InChI is InChI=1S/C10H18N2O2/c13-10-6-8(7-12-10)11-4-3-9-2-1-5-14-9/h8-9,11H,1-7H2,(H,12,13). The number of carbonyl (C=O) groups excluding carboxylic acids is 1. The van der Waals surface area contributed by atoms with Crippen LogP contribution in [0.1, 0.15) is 25.7 Å². The molecule has 80 valence electrons. The zero-order valence-electron chi connectivity index (χ0n) is 8.42. The lowest BCUT2D eigenvalue weighted by Gasteiger charge is -2.13. The van der Waals surface area contributed by atoms with Gasteiger partial charge in [0.05, 0.1) is 6.10 Å². The smallest absolute Gasteiger partial charge is 0.221 e. The minimum Gasteiger partial charge on any atom is -0.378 e. The average molecular weight is 198 g/mol. The highest BCUT2D eigenvalue weighted by Gasteiger charge is 2.21. The molecule has 0 radical (unpaired) electrons. The number of hydrogen-bond acceptors (Lipinski definition) is 3. The maximum absolute atomic E-state index is 10.9. The molecule has 0 aromatic heterocycles. The third-order valence-electron chi connectivity index (χ3n) is 2.90. The molecule has 0 aliphatic carbocycles. The number of ether oxygens (including phenoxy) is 1. The van der Waals surface area contributed by atoms with Crippen LogP contribution in [0, 0.1) is 0 Å². The van der Waals surface area contributed by atoms with Crippen LogP contribution in [-0.2, 0) is 9.53 Å². The van der Waals surface area contributed by atoms with Crippen LogP contribution < -0.4 is 10.6 Å². The van der Waals surface area contributed by atoms with E-state index in [1.54, 1.807) is 0 Å². The summed E-state index contributed by atoms with van der Waals surface area (Å²) in [6.07, 6.45) is 4.56. The zero-order valence-corrected chi connectivity index (χ0v) is 8.42. The van der Waals surface area contributed by atoms with Crippen molar-refractivity contribution in [3.8, 4) is 0 Å². The van der Waals surface area contributed by atoms with Gasteiger partial charge in [-0.3, -0.25) is 4.79 Å². The van der Waals surface area contributed by atoms with Gasteiger partial charge in [0.2, 0.25) is 5.91 Å². The molecule has 2 aliphatic rings. The Bertz CT molecular complexity index is 202. The normalized spacial score (nSPS) is 32.1. The van der Waals surface area contributed by atoms with Crippen molar-refractivity contribution in [1.82, 2.24) is 10.6 Å². The maximum atomic E-state index is 10.9. The molecule has 2 rings (SSSR count). The summed E-state index contributed by atoms with van der Waals surface area (Å²) in [7, 11) is 0. The molecule has 0 bridgehead atoms. The Hall–Kier alpha value is -0.610. The third-order valence-corrected chi connectivity index (χ3v) is 2.90. The van der Waals surface area contributed by atoms with Gasteiger partial charge in [-0.25, -0.2) is 0 Å². The van der Waals surface area contributed by atoms with Crippen LogP contribution in [0.5, 0.6) is 0 Å². The molecule has 2 N–H and O–H groups in total. The molecule has 2 heterocycles. The first kappa shape index (κ1) is 9.93. The highest BCUT2D eigenvalue weighted by molar-refractivity contribution is 5.78. The lowest BCUT2D eigenvalue weighted by molar-refractivity contribution is -0.119. The van der Waals surface area contributed by atoms with Crippen molar-refractivity contribution >= 4 is 5.91 Å². The number of hydrogen-bond donors (Lipinski definition) is 2. The Labute approximate surface area is 84.4 Å². The van der Waals surface area contributed by atoms with Gasteiger partial charge in [-0.05, 0) is 25.8 Å². The van der Waals surface area contributed by atoms with E-state index in [0.717, 1.165) is 26.1 Å². The van der Waals surface area contributed by atoms with Gasteiger partial charge in [-0.1, -0.05) is 0 Å². The average Bonchev–Trinajstić information content (AvgIpc) is 2.77. The second kappa shape index (κ2) is 4.75. The summed E-state index contributed by atoms with van der Waals surface area (Å²) in [6, 6.07) is 0.337. The minimum absolute atomic E-state index is 0.166. The summed E-state index contributed by atoms with van der Waals surface area (Å²) in [4.78, 5) is 10.9. The van der Waals surface area contributed by atoms with E-state index in [1.807, 2.05) is 0 Å². The van der Waals surface area contributed by atoms with Gasteiger partial charge < -0.3 is 15.4 Å². The summed E-state index contributed by atoms with van der Waals surface area (Å²) in [6.45, 7) is 2.67. The first-order valence-corrected chi connectivity index (χ1v) is 5.46. The Balaban J connectivity index is 1.56. The molecule has 14 heavy (non-hydrogen) atoms. The Morgan fingerprint density at radius 1 is 1.57 bits per heavy atom. The maximum Gasteiger partial charge on any atom is 0.221 e. The van der Waals surface area contributed by atoms with Gasteiger partial charge in [0.1, 0.15) is 0 Å². The van der Waals surface area contributed by atoms with Crippen LogP contribution in [0.15, 0.2) is 0 Å². The van der Waals surface area contributed by atoms with Crippen molar-refractivity contribution in [3.63, 3.8) is 0 Å². The number of amides is 1. The molecule has 4 nitrogen and oxygen atoms in total. The van der Waals surface area contributed by atoms with Crippen LogP contribution in [0.4, 0.5) is 0 Å². The SMILES string of the molecule is O=C1CC(NCCC2CCCO2)CN1. The molecule has 0 aromatic rings. The highest BCUT2D eigenvalue weighted by atomic mass is 16.5. The summed E-state index contributed by atoms with van der Waals surface area (Å²) >= 11 is 0. The van der Waals surface area contributed by atoms with Crippen molar-refractivity contribution < 1.29 is 9.53 Å². The quantitative estimate of drug-likeness (QED) is 0.670. The lowest BCUT2D eigenvalue weighted by atomic mass is 10.1. The van der Waals surface area contributed by atoms with Crippen LogP contribution in [0.2, 0.25) is 0 Å². The van der Waals surface area contributed by atoms with E-state index in [9.17, 15) is 4.79 Å². The largest absolute Gasteiger partial charge is 0.378 e. The molecule has 2 fully saturated rings. The second-order valence-corrected chi connectivity index (χ2v) is 4.08. The van der Waals surface area contributed by atoms with Crippen LogP contribution in [0.25, 0.3) is 0 Å². The Morgan fingerprint density at radius 3 is 3.14 bits per heavy atom. The fraction of sp³-hybridized carbons (Fsp3) is 0.900. The van der Waals surface area contributed by atoms with Crippen molar-refractivity contribution in [2.24, 2.45) is 0 Å². The van der Waals surface area contributed by atoms with Gasteiger partial charge in [0, 0.05) is 25.6 Å². The lowest BCUT2D eigenvalue weighted by Crippen LogP contribution is -2.33. The molecule has 2 atom stereocenters. The van der Waals surface area contributed by atoms with E-state index >= 15 is 0 Å². The van der Waals surface area contributed by atoms with Crippen LogP contribution in [0.3, 0.4) is 0 Å². The summed E-state index contributed by atoms with van der Waals surface area (Å²) in [5.74, 6) is 0.166. The third kappa shape index (κ3) is 2.69. The second-order valence-electron chi connectivity index (χ2n) is 4.08. The van der Waals surface area contributed by atoms with E-state index in [0.29, 0.717) is 18.6 Å². The minimum atomic E-state index is 0.166. The van der Waals surface area contributed by atoms with Gasteiger partial charge in [-0.2, -0.15) is 0 Å². The predicted octanol–water partition coefficient (Wildman–Crippen LogP) is 0.0336. The molecule has 2 saturated heterocycles. The van der Waals surface area contributed by atoms with Crippen molar-refractivity contribution in [2.45, 2.75) is 37.8 Å². The predicted molar refractivity (Wildman–Crippen MR) is 53.0 cm³/mol. The van der Waals surface area contributed by atoms with E-state index in [4.69, 9.17) is 4.74 Å². The number of nitrogens with one attached hydrogen (secondary N) is 2. The molecule has 2 unspecified atom stereocenters. The number of carbonyl (C=O) groups is 1. The molecule has 4 heteroatoms. The van der Waals surface area contributed by atoms with Gasteiger partial charge in [0.15, 0.2) is 0 Å². The molecule has 0 aromatic carbocycles. The Kier molecular flexibility index (Phi) is 3.37. The summed E-state index contributed by atoms with van der Waals surface area (Å²) in [5.41, 5.74) is 0. The highest BCUT2D eigenvalue weighted by Crippen LogP contribution is 2.14. The fourth-order valence-corrected chi connectivity index (χ4v) is 2.07. The molecular weight excluding hydrogens is 180 g/mol. The van der Waals surface area contributed by atoms with Gasteiger partial charge >= 0.3 is 0 Å². The first-order chi connectivity index (χ1) is 6.84. The van der Waals surface area contributed by atoms with E-state index < -0.39 is 0 Å². The summed E-state index contributed by atoms with van der Waals surface area (Å²) < 4.78 is 5.52. The molecule has 1 amide bonds. The first-order valence-electron chi connectivity index (χ1n) is 5.46. The molecular formula is C10H18N2O2. The topological polar surface area (TPSA) is 50.4 Å². The van der Waals surface area contributed by atoms with Crippen molar-refractivity contribution in [1.29, 1.82) is 0 Å². The van der Waals surface area contributed by atoms with Gasteiger partial charge in [0.25, 0.3) is 0 Å². The van der Waals surface area contributed by atoms with Crippen LogP contribution in [-0.4, -0.2) is 37.7 Å². The van der Waals surface area contributed by atoms with Crippen molar-refractivity contribution in [2.75, 3.05) is 19.7 Å². The van der Waals surface area contributed by atoms with E-state index in [2.05, 4.69) is 10.6 Å². The van der Waals surface area contributed by atoms with E-state index in [-0.39, 0.29) is 5.91 Å². The monoisotopic (exact) mass is 198 g/mol. The zero-order chi connectivity index (χ0) is 9.80. The molecule has 2 aliphatic heterocycles. The molecule has 0 spiro atoms. The molecule has 0 saturated carbocycles. The number of rotatable bonds is 4. The van der Waals surface area contributed by atoms with Crippen molar-refractivity contribution in [3.05, 3.63) is 0 Å².